The predicted octanol–water partition coefficient (Wildman–Crippen LogP) is 14.4. The van der Waals surface area contributed by atoms with Crippen molar-refractivity contribution in [2.75, 3.05) is 0 Å². The topological polar surface area (TPSA) is 51.6 Å². The lowest BCUT2D eigenvalue weighted by atomic mass is 9.95. The Hall–Kier alpha value is -8.08. The van der Waals surface area contributed by atoms with E-state index in [1.165, 1.54) is 27.1 Å². The summed E-state index contributed by atoms with van der Waals surface area (Å²) >= 11 is 0. The molecule has 0 fully saturated rings. The first-order valence-corrected chi connectivity index (χ1v) is 20.2. The highest BCUT2D eigenvalue weighted by Crippen LogP contribution is 2.36. The van der Waals surface area contributed by atoms with E-state index in [1.807, 2.05) is 36.4 Å². The quantitative estimate of drug-likeness (QED) is 0.120. The first-order chi connectivity index (χ1) is 29.7. The maximum atomic E-state index is 5.26. The summed E-state index contributed by atoms with van der Waals surface area (Å²) in [4.78, 5) is 20.3. The van der Waals surface area contributed by atoms with E-state index in [0.29, 0.717) is 17.5 Å². The molecule has 60 heavy (non-hydrogen) atoms. The largest absolute Gasteiger partial charge is 0.247 e. The third-order valence-corrected chi connectivity index (χ3v) is 11.3. The molecule has 9 aromatic carbocycles. The smallest absolute Gasteiger partial charge is 0.164 e. The molecule has 280 valence electrons. The third-order valence-electron chi connectivity index (χ3n) is 11.3. The molecule has 0 spiro atoms. The fourth-order valence-corrected chi connectivity index (χ4v) is 8.19. The van der Waals surface area contributed by atoms with Crippen molar-refractivity contribution >= 4 is 32.4 Å². The van der Waals surface area contributed by atoms with E-state index >= 15 is 0 Å². The number of fused-ring (bicyclic) bond motifs is 4. The van der Waals surface area contributed by atoms with Gasteiger partial charge < -0.3 is 0 Å². The van der Waals surface area contributed by atoms with Crippen molar-refractivity contribution in [3.8, 4) is 78.8 Å². The summed E-state index contributed by atoms with van der Waals surface area (Å²) in [6.45, 7) is 0. The van der Waals surface area contributed by atoms with Crippen LogP contribution in [0.1, 0.15) is 0 Å². The van der Waals surface area contributed by atoms with E-state index in [-0.39, 0.29) is 0 Å². The molecule has 11 aromatic rings. The van der Waals surface area contributed by atoms with Crippen LogP contribution in [0.5, 0.6) is 0 Å². The number of rotatable bonds is 7. The zero-order chi connectivity index (χ0) is 39.8. The summed E-state index contributed by atoms with van der Waals surface area (Å²) in [5, 5.41) is 5.95. The Morgan fingerprint density at radius 1 is 0.217 bits per heavy atom. The van der Waals surface area contributed by atoms with Gasteiger partial charge in [0.2, 0.25) is 0 Å². The van der Waals surface area contributed by atoms with E-state index in [4.69, 9.17) is 19.9 Å². The fourth-order valence-electron chi connectivity index (χ4n) is 8.19. The van der Waals surface area contributed by atoms with E-state index in [1.54, 1.807) is 0 Å². The number of hydrogen-bond donors (Lipinski definition) is 0. The van der Waals surface area contributed by atoms with E-state index in [2.05, 4.69) is 182 Å². The van der Waals surface area contributed by atoms with Gasteiger partial charge in [0.15, 0.2) is 17.5 Å². The Bertz CT molecular complexity index is 3340. The number of pyridine rings is 1. The Kier molecular flexibility index (Phi) is 8.79. The lowest BCUT2D eigenvalue weighted by Gasteiger charge is -2.12. The zero-order valence-electron chi connectivity index (χ0n) is 32.6. The molecule has 0 aliphatic rings. The first kappa shape index (κ1) is 35.1. The lowest BCUT2D eigenvalue weighted by molar-refractivity contribution is 1.07. The van der Waals surface area contributed by atoms with Crippen LogP contribution in [0.3, 0.4) is 0 Å². The molecular weight excluding hydrogens is 729 g/mol. The van der Waals surface area contributed by atoms with Crippen molar-refractivity contribution in [2.24, 2.45) is 0 Å². The van der Waals surface area contributed by atoms with Gasteiger partial charge in [-0.3, -0.25) is 0 Å². The van der Waals surface area contributed by atoms with Crippen LogP contribution < -0.4 is 0 Å². The van der Waals surface area contributed by atoms with Gasteiger partial charge >= 0.3 is 0 Å². The SMILES string of the molecule is c1ccc(-c2ccc(-c3nc(-c4ccccc4)nc(-c4cccc(-c5cccc(-c6ccc(-c7nc8cc9ccccc9cc8c8ccccc78)cc6)c5)c4)n3)cc2)cc1. The van der Waals surface area contributed by atoms with Crippen LogP contribution in [0, 0.1) is 0 Å². The van der Waals surface area contributed by atoms with Gasteiger partial charge in [0.25, 0.3) is 0 Å². The molecule has 0 bridgehead atoms. The van der Waals surface area contributed by atoms with Crippen LogP contribution in [-0.2, 0) is 0 Å². The number of hydrogen-bond acceptors (Lipinski definition) is 4. The van der Waals surface area contributed by atoms with Gasteiger partial charge in [0.05, 0.1) is 11.2 Å². The molecule has 0 atom stereocenters. The van der Waals surface area contributed by atoms with Crippen LogP contribution in [0.15, 0.2) is 218 Å². The minimum absolute atomic E-state index is 0.627. The van der Waals surface area contributed by atoms with Gasteiger partial charge in [0.1, 0.15) is 0 Å². The van der Waals surface area contributed by atoms with Gasteiger partial charge in [-0.1, -0.05) is 194 Å². The molecule has 0 radical (unpaired) electrons. The highest BCUT2D eigenvalue weighted by Gasteiger charge is 2.15. The lowest BCUT2D eigenvalue weighted by Crippen LogP contribution is -2.00. The molecule has 0 amide bonds. The molecule has 0 saturated carbocycles. The van der Waals surface area contributed by atoms with Crippen molar-refractivity contribution in [2.45, 2.75) is 0 Å². The summed E-state index contributed by atoms with van der Waals surface area (Å²) in [6, 6.07) is 76.5. The Morgan fingerprint density at radius 2 is 0.617 bits per heavy atom. The average molecular weight is 765 g/mol. The third kappa shape index (κ3) is 6.66. The number of nitrogens with zero attached hydrogens (tertiary/aromatic N) is 4. The molecular formula is C56H36N4. The van der Waals surface area contributed by atoms with E-state index < -0.39 is 0 Å². The van der Waals surface area contributed by atoms with Crippen molar-refractivity contribution in [3.05, 3.63) is 218 Å². The summed E-state index contributed by atoms with van der Waals surface area (Å²) < 4.78 is 0. The van der Waals surface area contributed by atoms with Crippen LogP contribution in [-0.4, -0.2) is 19.9 Å². The first-order valence-electron chi connectivity index (χ1n) is 20.2. The molecule has 0 N–H and O–H groups in total. The maximum Gasteiger partial charge on any atom is 0.164 e. The van der Waals surface area contributed by atoms with E-state index in [9.17, 15) is 0 Å². The zero-order valence-corrected chi connectivity index (χ0v) is 32.6. The van der Waals surface area contributed by atoms with Crippen molar-refractivity contribution in [3.63, 3.8) is 0 Å². The van der Waals surface area contributed by atoms with Gasteiger partial charge in [-0.15, -0.1) is 0 Å². The summed E-state index contributed by atoms with van der Waals surface area (Å²) in [6.07, 6.45) is 0. The highest BCUT2D eigenvalue weighted by atomic mass is 15.0. The number of aromatic nitrogens is 4. The summed E-state index contributed by atoms with van der Waals surface area (Å²) in [5.74, 6) is 1.90. The van der Waals surface area contributed by atoms with Crippen LogP contribution in [0.25, 0.3) is 111 Å². The normalized spacial score (nSPS) is 11.3. The second-order valence-corrected chi connectivity index (χ2v) is 15.1. The number of benzene rings is 9. The second kappa shape index (κ2) is 15.0. The monoisotopic (exact) mass is 764 g/mol. The Balaban J connectivity index is 0.926. The standard InChI is InChI=1S/C56H36N4/c1-3-13-37(14-4-1)38-27-31-42(32-28-38)55-58-54(41-15-5-2-6-16-41)59-56(60-55)48-22-12-21-45(34-48)44-20-11-19-43(33-44)39-25-29-40(30-26-39)53-50-24-10-9-23-49(50)51-35-46-17-7-8-18-47(46)36-52(51)57-53/h1-36H. The summed E-state index contributed by atoms with van der Waals surface area (Å²) in [5.41, 5.74) is 12.7. The Morgan fingerprint density at radius 3 is 1.27 bits per heavy atom. The predicted molar refractivity (Wildman–Crippen MR) is 248 cm³/mol. The van der Waals surface area contributed by atoms with Crippen LogP contribution >= 0.6 is 0 Å². The molecule has 0 aliphatic carbocycles. The van der Waals surface area contributed by atoms with Gasteiger partial charge in [-0.25, -0.2) is 19.9 Å². The molecule has 0 saturated heterocycles. The van der Waals surface area contributed by atoms with E-state index in [0.717, 1.165) is 66.7 Å². The molecule has 11 rings (SSSR count). The summed E-state index contributed by atoms with van der Waals surface area (Å²) in [7, 11) is 0. The van der Waals surface area contributed by atoms with Gasteiger partial charge in [0, 0.05) is 33.0 Å². The molecule has 4 nitrogen and oxygen atoms in total. The average Bonchev–Trinajstić information content (AvgIpc) is 3.34. The molecule has 4 heteroatoms. The van der Waals surface area contributed by atoms with Gasteiger partial charge in [-0.2, -0.15) is 0 Å². The Labute approximate surface area is 348 Å². The van der Waals surface area contributed by atoms with Crippen molar-refractivity contribution in [1.29, 1.82) is 0 Å². The maximum absolute atomic E-state index is 5.26. The van der Waals surface area contributed by atoms with Crippen molar-refractivity contribution < 1.29 is 0 Å². The van der Waals surface area contributed by atoms with Crippen LogP contribution in [0.2, 0.25) is 0 Å². The molecule has 0 unspecified atom stereocenters. The van der Waals surface area contributed by atoms with Crippen molar-refractivity contribution in [1.82, 2.24) is 19.9 Å². The molecule has 2 aromatic heterocycles. The highest BCUT2D eigenvalue weighted by molar-refractivity contribution is 6.14. The molecule has 0 aliphatic heterocycles. The minimum atomic E-state index is 0.627. The minimum Gasteiger partial charge on any atom is -0.247 e. The molecule has 2 heterocycles. The second-order valence-electron chi connectivity index (χ2n) is 15.1. The van der Waals surface area contributed by atoms with Gasteiger partial charge in [-0.05, 0) is 73.8 Å². The fraction of sp³-hybridized carbons (Fsp3) is 0. The van der Waals surface area contributed by atoms with Crippen LogP contribution in [0.4, 0.5) is 0 Å².